The summed E-state index contributed by atoms with van der Waals surface area (Å²) in [6, 6.07) is 10.8. The van der Waals surface area contributed by atoms with Gasteiger partial charge in [-0.2, -0.15) is 0 Å². The quantitative estimate of drug-likeness (QED) is 0.708. The summed E-state index contributed by atoms with van der Waals surface area (Å²) in [7, 11) is 0. The third-order valence-electron chi connectivity index (χ3n) is 3.46. The van der Waals surface area contributed by atoms with E-state index >= 15 is 0 Å². The number of carboxylic acids is 1. The van der Waals surface area contributed by atoms with Gasteiger partial charge in [0, 0.05) is 30.2 Å². The summed E-state index contributed by atoms with van der Waals surface area (Å²) in [5.41, 5.74) is 1.62. The second-order valence-electron chi connectivity index (χ2n) is 5.37. The molecule has 6 nitrogen and oxygen atoms in total. The van der Waals surface area contributed by atoms with E-state index in [-0.39, 0.29) is 29.9 Å². The summed E-state index contributed by atoms with van der Waals surface area (Å²) >= 11 is 0. The van der Waals surface area contributed by atoms with Crippen LogP contribution in [-0.4, -0.2) is 27.9 Å². The first-order valence-corrected chi connectivity index (χ1v) is 7.33. The maximum absolute atomic E-state index is 12.0. The van der Waals surface area contributed by atoms with Crippen molar-refractivity contribution in [1.82, 2.24) is 0 Å². The number of aryl methyl sites for hydroxylation is 1. The summed E-state index contributed by atoms with van der Waals surface area (Å²) < 4.78 is 0. The molecule has 0 aromatic heterocycles. The Morgan fingerprint density at radius 2 is 1.67 bits per heavy atom. The van der Waals surface area contributed by atoms with Crippen molar-refractivity contribution in [3.8, 4) is 5.75 Å². The molecule has 0 aliphatic heterocycles. The zero-order valence-corrected chi connectivity index (χ0v) is 13.1. The van der Waals surface area contributed by atoms with E-state index in [4.69, 9.17) is 5.11 Å². The molecule has 6 heteroatoms. The highest BCUT2D eigenvalue weighted by molar-refractivity contribution is 6.00. The normalized spacial score (nSPS) is 10.2. The number of amides is 1. The van der Waals surface area contributed by atoms with Crippen molar-refractivity contribution < 1.29 is 24.6 Å². The van der Waals surface area contributed by atoms with Crippen LogP contribution in [-0.2, 0) is 4.79 Å². The van der Waals surface area contributed by atoms with Crippen LogP contribution < -0.4 is 5.32 Å². The van der Waals surface area contributed by atoms with Crippen LogP contribution in [0.3, 0.4) is 0 Å². The molecule has 2 aromatic rings. The molecular weight excluding hydrogens is 310 g/mol. The molecule has 0 spiro atoms. The first kappa shape index (κ1) is 17.2. The molecule has 3 N–H and O–H groups in total. The monoisotopic (exact) mass is 327 g/mol. The minimum absolute atomic E-state index is 0.00580. The van der Waals surface area contributed by atoms with Crippen LogP contribution in [0, 0.1) is 6.92 Å². The molecule has 1 amide bonds. The lowest BCUT2D eigenvalue weighted by atomic mass is 10.0. The predicted molar refractivity (Wildman–Crippen MR) is 88.4 cm³/mol. The zero-order chi connectivity index (χ0) is 17.7. The maximum Gasteiger partial charge on any atom is 0.339 e. The van der Waals surface area contributed by atoms with Crippen molar-refractivity contribution >= 4 is 23.3 Å². The number of nitrogens with one attached hydrogen (secondary N) is 1. The Hall–Kier alpha value is -3.15. The van der Waals surface area contributed by atoms with Gasteiger partial charge in [0.1, 0.15) is 11.3 Å². The Balaban J connectivity index is 1.91. The van der Waals surface area contributed by atoms with E-state index < -0.39 is 17.6 Å². The fourth-order valence-corrected chi connectivity index (χ4v) is 2.12. The molecule has 0 radical (unpaired) electrons. The number of carbonyl (C=O) groups excluding carboxylic acids is 2. The number of hydrogen-bond donors (Lipinski definition) is 3. The van der Waals surface area contributed by atoms with Gasteiger partial charge < -0.3 is 15.5 Å². The van der Waals surface area contributed by atoms with Crippen LogP contribution in [0.5, 0.6) is 5.75 Å². The summed E-state index contributed by atoms with van der Waals surface area (Å²) in [5, 5.41) is 20.9. The number of benzene rings is 2. The van der Waals surface area contributed by atoms with Gasteiger partial charge in [-0.25, -0.2) is 4.79 Å². The second-order valence-corrected chi connectivity index (χ2v) is 5.37. The van der Waals surface area contributed by atoms with Crippen LogP contribution in [0.2, 0.25) is 0 Å². The van der Waals surface area contributed by atoms with Crippen molar-refractivity contribution in [3.63, 3.8) is 0 Å². The molecule has 0 aliphatic rings. The number of Topliss-reactive ketones (excluding diaryl/α,β-unsaturated/α-hetero) is 1. The smallest absolute Gasteiger partial charge is 0.339 e. The van der Waals surface area contributed by atoms with Gasteiger partial charge in [-0.3, -0.25) is 9.59 Å². The summed E-state index contributed by atoms with van der Waals surface area (Å²) in [5.74, 6) is -2.21. The lowest BCUT2D eigenvalue weighted by molar-refractivity contribution is -0.116. The molecular formula is C18H17NO5. The van der Waals surface area contributed by atoms with Crippen molar-refractivity contribution in [2.75, 3.05) is 5.32 Å². The SMILES string of the molecule is Cc1ccc(C(=O)CCC(=O)Nc2ccc(C(=O)O)c(O)c2)cc1. The molecule has 0 heterocycles. The lowest BCUT2D eigenvalue weighted by Crippen LogP contribution is -2.13. The Morgan fingerprint density at radius 1 is 1.00 bits per heavy atom. The van der Waals surface area contributed by atoms with Gasteiger partial charge in [-0.1, -0.05) is 29.8 Å². The minimum atomic E-state index is -1.26. The molecule has 2 aromatic carbocycles. The Morgan fingerprint density at radius 3 is 2.25 bits per heavy atom. The third-order valence-corrected chi connectivity index (χ3v) is 3.46. The standard InChI is InChI=1S/C18H17NO5/c1-11-2-4-12(5-3-11)15(20)8-9-17(22)19-13-6-7-14(18(23)24)16(21)10-13/h2-7,10,21H,8-9H2,1H3,(H,19,22)(H,23,24). The van der Waals surface area contributed by atoms with E-state index in [2.05, 4.69) is 5.32 Å². The van der Waals surface area contributed by atoms with E-state index in [0.29, 0.717) is 5.56 Å². The average molecular weight is 327 g/mol. The number of carbonyl (C=O) groups is 3. The molecule has 124 valence electrons. The number of carboxylic acid groups (broad SMARTS) is 1. The highest BCUT2D eigenvalue weighted by atomic mass is 16.4. The average Bonchev–Trinajstić information content (AvgIpc) is 2.53. The molecule has 0 aliphatic carbocycles. The summed E-state index contributed by atoms with van der Waals surface area (Å²) in [6.45, 7) is 1.92. The highest BCUT2D eigenvalue weighted by Crippen LogP contribution is 2.22. The van der Waals surface area contributed by atoms with Crippen LogP contribution >= 0.6 is 0 Å². The number of ketones is 1. The number of rotatable bonds is 6. The first-order chi connectivity index (χ1) is 11.4. The topological polar surface area (TPSA) is 104 Å². The molecule has 0 atom stereocenters. The van der Waals surface area contributed by atoms with Crippen molar-refractivity contribution in [2.45, 2.75) is 19.8 Å². The highest BCUT2D eigenvalue weighted by Gasteiger charge is 2.12. The minimum Gasteiger partial charge on any atom is -0.507 e. The van der Waals surface area contributed by atoms with Crippen molar-refractivity contribution in [3.05, 3.63) is 59.2 Å². The van der Waals surface area contributed by atoms with Crippen molar-refractivity contribution in [2.24, 2.45) is 0 Å². The van der Waals surface area contributed by atoms with Crippen LogP contribution in [0.15, 0.2) is 42.5 Å². The number of aromatic hydroxyl groups is 1. The largest absolute Gasteiger partial charge is 0.507 e. The first-order valence-electron chi connectivity index (χ1n) is 7.33. The van der Waals surface area contributed by atoms with Gasteiger partial charge in [0.25, 0.3) is 0 Å². The molecule has 0 bridgehead atoms. The summed E-state index contributed by atoms with van der Waals surface area (Å²) in [6.07, 6.45) is 0.0578. The van der Waals surface area contributed by atoms with E-state index in [9.17, 15) is 19.5 Å². The Labute approximate surface area is 138 Å². The summed E-state index contributed by atoms with van der Waals surface area (Å²) in [4.78, 5) is 34.7. The molecule has 0 saturated carbocycles. The number of phenols is 1. The van der Waals surface area contributed by atoms with Crippen LogP contribution in [0.25, 0.3) is 0 Å². The van der Waals surface area contributed by atoms with Gasteiger partial charge in [-0.05, 0) is 19.1 Å². The van der Waals surface area contributed by atoms with E-state index in [1.165, 1.54) is 12.1 Å². The van der Waals surface area contributed by atoms with Gasteiger partial charge in [0.15, 0.2) is 5.78 Å². The lowest BCUT2D eigenvalue weighted by Gasteiger charge is -2.07. The number of aromatic carboxylic acids is 1. The maximum atomic E-state index is 12.0. The molecule has 0 fully saturated rings. The van der Waals surface area contributed by atoms with Gasteiger partial charge >= 0.3 is 5.97 Å². The predicted octanol–water partition coefficient (Wildman–Crippen LogP) is 3.00. The Kier molecular flexibility index (Phi) is 5.31. The number of hydrogen-bond acceptors (Lipinski definition) is 4. The Bertz CT molecular complexity index is 780. The molecule has 0 unspecified atom stereocenters. The van der Waals surface area contributed by atoms with Crippen molar-refractivity contribution in [1.29, 1.82) is 0 Å². The van der Waals surface area contributed by atoms with E-state index in [1.54, 1.807) is 12.1 Å². The van der Waals surface area contributed by atoms with E-state index in [1.807, 2.05) is 19.1 Å². The van der Waals surface area contributed by atoms with Crippen LogP contribution in [0.4, 0.5) is 5.69 Å². The molecule has 24 heavy (non-hydrogen) atoms. The van der Waals surface area contributed by atoms with Gasteiger partial charge in [0.05, 0.1) is 0 Å². The molecule has 2 rings (SSSR count). The van der Waals surface area contributed by atoms with Gasteiger partial charge in [0.2, 0.25) is 5.91 Å². The fraction of sp³-hybridized carbons (Fsp3) is 0.167. The molecule has 0 saturated heterocycles. The van der Waals surface area contributed by atoms with E-state index in [0.717, 1.165) is 11.6 Å². The zero-order valence-electron chi connectivity index (χ0n) is 13.1. The number of anilines is 1. The second kappa shape index (κ2) is 7.41. The third kappa shape index (κ3) is 4.42. The fourth-order valence-electron chi connectivity index (χ4n) is 2.12. The van der Waals surface area contributed by atoms with Crippen LogP contribution in [0.1, 0.15) is 39.1 Å². The van der Waals surface area contributed by atoms with Gasteiger partial charge in [-0.15, -0.1) is 0 Å².